The van der Waals surface area contributed by atoms with Crippen molar-refractivity contribution in [2.75, 3.05) is 11.9 Å². The third kappa shape index (κ3) is 3.65. The Morgan fingerprint density at radius 1 is 1.25 bits per heavy atom. The van der Waals surface area contributed by atoms with Crippen LogP contribution in [-0.4, -0.2) is 17.4 Å². The number of hydrogen-bond acceptors (Lipinski definition) is 3. The van der Waals surface area contributed by atoms with Gasteiger partial charge in [-0.25, -0.2) is 4.39 Å². The number of carbonyl (C=O) groups is 1. The molecule has 1 heterocycles. The third-order valence-electron chi connectivity index (χ3n) is 2.54. The van der Waals surface area contributed by atoms with Crippen molar-refractivity contribution < 1.29 is 9.18 Å². The summed E-state index contributed by atoms with van der Waals surface area (Å²) < 4.78 is 12.8. The molecule has 0 atom stereocenters. The number of benzene rings is 1. The molecular formula is C15H14FN3O. The number of aromatic nitrogens is 1. The first-order valence-corrected chi connectivity index (χ1v) is 6.06. The van der Waals surface area contributed by atoms with Crippen LogP contribution in [0, 0.1) is 5.82 Å². The van der Waals surface area contributed by atoms with Gasteiger partial charge in [0.1, 0.15) is 5.82 Å². The number of nitrogens with zero attached hydrogens (tertiary/aromatic N) is 1. The molecule has 0 fully saturated rings. The first-order valence-electron chi connectivity index (χ1n) is 6.06. The zero-order chi connectivity index (χ0) is 14.4. The van der Waals surface area contributed by atoms with Gasteiger partial charge in [-0.05, 0) is 30.3 Å². The van der Waals surface area contributed by atoms with Gasteiger partial charge in [-0.1, -0.05) is 6.08 Å². The number of anilines is 2. The highest BCUT2D eigenvalue weighted by Gasteiger charge is 2.06. The van der Waals surface area contributed by atoms with Crippen LogP contribution < -0.4 is 10.6 Å². The molecule has 0 unspecified atom stereocenters. The fourth-order valence-corrected chi connectivity index (χ4v) is 1.60. The molecule has 0 aliphatic rings. The highest BCUT2D eigenvalue weighted by Crippen LogP contribution is 2.17. The standard InChI is InChI=1S/C15H14FN3O/c1-2-7-18-15(20)11-8-14(10-17-9-11)19-13-5-3-12(16)4-6-13/h2-6,8-10,19H,1,7H2,(H,18,20). The zero-order valence-electron chi connectivity index (χ0n) is 10.8. The van der Waals surface area contributed by atoms with Crippen molar-refractivity contribution >= 4 is 17.3 Å². The normalized spacial score (nSPS) is 9.85. The largest absolute Gasteiger partial charge is 0.354 e. The Labute approximate surface area is 116 Å². The molecule has 1 aromatic carbocycles. The summed E-state index contributed by atoms with van der Waals surface area (Å²) in [7, 11) is 0. The Hall–Kier alpha value is -2.69. The maximum Gasteiger partial charge on any atom is 0.253 e. The predicted octanol–water partition coefficient (Wildman–Crippen LogP) is 2.88. The van der Waals surface area contributed by atoms with E-state index >= 15 is 0 Å². The number of halogens is 1. The molecule has 2 N–H and O–H groups in total. The maximum absolute atomic E-state index is 12.8. The van der Waals surface area contributed by atoms with Crippen molar-refractivity contribution in [3.8, 4) is 0 Å². The Morgan fingerprint density at radius 2 is 2.00 bits per heavy atom. The summed E-state index contributed by atoms with van der Waals surface area (Å²) in [5.74, 6) is -0.522. The van der Waals surface area contributed by atoms with Crippen LogP contribution in [0.1, 0.15) is 10.4 Å². The molecule has 2 rings (SSSR count). The van der Waals surface area contributed by atoms with Gasteiger partial charge in [-0.3, -0.25) is 9.78 Å². The van der Waals surface area contributed by atoms with Crippen LogP contribution in [0.4, 0.5) is 15.8 Å². The molecule has 1 amide bonds. The number of nitrogens with one attached hydrogen (secondary N) is 2. The molecule has 0 radical (unpaired) electrons. The highest BCUT2D eigenvalue weighted by atomic mass is 19.1. The second-order valence-electron chi connectivity index (χ2n) is 4.09. The van der Waals surface area contributed by atoms with E-state index in [-0.39, 0.29) is 11.7 Å². The van der Waals surface area contributed by atoms with Gasteiger partial charge in [0.05, 0.1) is 17.4 Å². The van der Waals surface area contributed by atoms with Crippen LogP contribution in [0.3, 0.4) is 0 Å². The lowest BCUT2D eigenvalue weighted by Gasteiger charge is -2.08. The first kappa shape index (κ1) is 13.7. The van der Waals surface area contributed by atoms with E-state index in [0.717, 1.165) is 5.69 Å². The molecule has 0 saturated heterocycles. The van der Waals surface area contributed by atoms with Gasteiger partial charge < -0.3 is 10.6 Å². The van der Waals surface area contributed by atoms with Gasteiger partial charge >= 0.3 is 0 Å². The van der Waals surface area contributed by atoms with Crippen molar-refractivity contribution in [2.24, 2.45) is 0 Å². The topological polar surface area (TPSA) is 54.0 Å². The molecule has 102 valence electrons. The van der Waals surface area contributed by atoms with Crippen LogP contribution >= 0.6 is 0 Å². The lowest BCUT2D eigenvalue weighted by molar-refractivity contribution is 0.0957. The van der Waals surface area contributed by atoms with Crippen LogP contribution in [0.5, 0.6) is 0 Å². The molecule has 0 spiro atoms. The van der Waals surface area contributed by atoms with Crippen molar-refractivity contribution in [2.45, 2.75) is 0 Å². The Morgan fingerprint density at radius 3 is 2.70 bits per heavy atom. The van der Waals surface area contributed by atoms with Crippen LogP contribution in [0.25, 0.3) is 0 Å². The van der Waals surface area contributed by atoms with Gasteiger partial charge in [-0.15, -0.1) is 6.58 Å². The van der Waals surface area contributed by atoms with E-state index in [9.17, 15) is 9.18 Å². The second-order valence-corrected chi connectivity index (χ2v) is 4.09. The molecule has 20 heavy (non-hydrogen) atoms. The quantitative estimate of drug-likeness (QED) is 0.822. The summed E-state index contributed by atoms with van der Waals surface area (Å²) in [6, 6.07) is 7.61. The lowest BCUT2D eigenvalue weighted by Crippen LogP contribution is -2.23. The minimum Gasteiger partial charge on any atom is -0.354 e. The average molecular weight is 271 g/mol. The molecule has 2 aromatic rings. The number of hydrogen-bond donors (Lipinski definition) is 2. The highest BCUT2D eigenvalue weighted by molar-refractivity contribution is 5.94. The maximum atomic E-state index is 12.8. The van der Waals surface area contributed by atoms with E-state index in [1.165, 1.54) is 18.3 Å². The van der Waals surface area contributed by atoms with Gasteiger partial charge in [0.25, 0.3) is 5.91 Å². The van der Waals surface area contributed by atoms with E-state index in [0.29, 0.717) is 17.8 Å². The Bertz CT molecular complexity index is 611. The second kappa shape index (κ2) is 6.47. The lowest BCUT2D eigenvalue weighted by atomic mass is 10.2. The number of rotatable bonds is 5. The summed E-state index contributed by atoms with van der Waals surface area (Å²) in [6.07, 6.45) is 4.67. The van der Waals surface area contributed by atoms with Crippen molar-refractivity contribution in [3.63, 3.8) is 0 Å². The fraction of sp³-hybridized carbons (Fsp3) is 0.0667. The fourth-order valence-electron chi connectivity index (χ4n) is 1.60. The van der Waals surface area contributed by atoms with Crippen LogP contribution in [0.2, 0.25) is 0 Å². The smallest absolute Gasteiger partial charge is 0.253 e. The van der Waals surface area contributed by atoms with E-state index < -0.39 is 0 Å². The molecular weight excluding hydrogens is 257 g/mol. The minimum atomic E-state index is -0.300. The molecule has 0 aliphatic heterocycles. The SMILES string of the molecule is C=CCNC(=O)c1cncc(Nc2ccc(F)cc2)c1. The summed E-state index contributed by atoms with van der Waals surface area (Å²) in [5.41, 5.74) is 1.82. The van der Waals surface area contributed by atoms with Crippen molar-refractivity contribution in [3.05, 3.63) is 66.8 Å². The summed E-state index contributed by atoms with van der Waals surface area (Å²) in [4.78, 5) is 15.8. The molecule has 0 saturated carbocycles. The zero-order valence-corrected chi connectivity index (χ0v) is 10.8. The van der Waals surface area contributed by atoms with Crippen molar-refractivity contribution in [1.29, 1.82) is 0 Å². The Kier molecular flexibility index (Phi) is 4.44. The van der Waals surface area contributed by atoms with E-state index in [1.54, 1.807) is 30.5 Å². The minimum absolute atomic E-state index is 0.222. The molecule has 5 heteroatoms. The first-order chi connectivity index (χ1) is 9.69. The van der Waals surface area contributed by atoms with Gasteiger partial charge in [0.15, 0.2) is 0 Å². The van der Waals surface area contributed by atoms with E-state index in [2.05, 4.69) is 22.2 Å². The van der Waals surface area contributed by atoms with E-state index in [4.69, 9.17) is 0 Å². The van der Waals surface area contributed by atoms with E-state index in [1.807, 2.05) is 0 Å². The monoisotopic (exact) mass is 271 g/mol. The summed E-state index contributed by atoms with van der Waals surface area (Å²) in [5, 5.41) is 5.73. The summed E-state index contributed by atoms with van der Waals surface area (Å²) in [6.45, 7) is 3.93. The number of carbonyl (C=O) groups excluding carboxylic acids is 1. The van der Waals surface area contributed by atoms with Crippen LogP contribution in [0.15, 0.2) is 55.4 Å². The molecule has 1 aromatic heterocycles. The average Bonchev–Trinajstić information content (AvgIpc) is 2.47. The number of amides is 1. The van der Waals surface area contributed by atoms with Gasteiger partial charge in [0, 0.05) is 18.4 Å². The van der Waals surface area contributed by atoms with Gasteiger partial charge in [0.2, 0.25) is 0 Å². The molecule has 4 nitrogen and oxygen atoms in total. The third-order valence-corrected chi connectivity index (χ3v) is 2.54. The summed E-state index contributed by atoms with van der Waals surface area (Å²) >= 11 is 0. The van der Waals surface area contributed by atoms with Crippen molar-refractivity contribution in [1.82, 2.24) is 10.3 Å². The van der Waals surface area contributed by atoms with Crippen LogP contribution in [-0.2, 0) is 0 Å². The van der Waals surface area contributed by atoms with Gasteiger partial charge in [-0.2, -0.15) is 0 Å². The Balaban J connectivity index is 2.11. The number of pyridine rings is 1. The molecule has 0 aliphatic carbocycles. The predicted molar refractivity (Wildman–Crippen MR) is 76.4 cm³/mol. The molecule has 0 bridgehead atoms.